The van der Waals surface area contributed by atoms with Gasteiger partial charge in [-0.15, -0.1) is 0 Å². The van der Waals surface area contributed by atoms with E-state index < -0.39 is 5.79 Å². The molecule has 160 valence electrons. The molecule has 7 heteroatoms. The normalized spacial score (nSPS) is 13.2. The van der Waals surface area contributed by atoms with Gasteiger partial charge in [0.05, 0.1) is 5.56 Å². The molecule has 0 bridgehead atoms. The topological polar surface area (TPSA) is 90.5 Å². The average molecular weight is 428 g/mol. The van der Waals surface area contributed by atoms with Gasteiger partial charge in [0.25, 0.3) is 0 Å². The van der Waals surface area contributed by atoms with Crippen molar-refractivity contribution in [1.29, 1.82) is 0 Å². The Labute approximate surface area is 183 Å². The van der Waals surface area contributed by atoms with Gasteiger partial charge in [0.15, 0.2) is 11.6 Å². The van der Waals surface area contributed by atoms with E-state index in [0.29, 0.717) is 39.0 Å². The molecular formula is C25H20N2O5. The van der Waals surface area contributed by atoms with Crippen LogP contribution < -0.4 is 4.74 Å². The predicted molar refractivity (Wildman–Crippen MR) is 117 cm³/mol. The highest BCUT2D eigenvalue weighted by molar-refractivity contribution is 6.31. The third kappa shape index (κ3) is 2.94. The van der Waals surface area contributed by atoms with Gasteiger partial charge in [-0.2, -0.15) is 5.10 Å². The number of rotatable bonds is 6. The number of methoxy groups -OCH3 is 2. The Morgan fingerprint density at radius 3 is 2.16 bits per heavy atom. The highest BCUT2D eigenvalue weighted by atomic mass is 16.7. The number of nitrogens with zero attached hydrogens (tertiary/aromatic N) is 1. The number of hydrogen-bond acceptors (Lipinski definition) is 6. The minimum absolute atomic E-state index is 0.0358. The van der Waals surface area contributed by atoms with Crippen molar-refractivity contribution >= 4 is 22.5 Å². The largest absolute Gasteiger partial charge is 0.487 e. The Kier molecular flexibility index (Phi) is 4.84. The molecule has 0 saturated heterocycles. The van der Waals surface area contributed by atoms with Crippen LogP contribution >= 0.6 is 0 Å². The van der Waals surface area contributed by atoms with Crippen molar-refractivity contribution in [3.63, 3.8) is 0 Å². The van der Waals surface area contributed by atoms with Crippen molar-refractivity contribution in [3.8, 4) is 5.75 Å². The first kappa shape index (κ1) is 20.1. The molecule has 0 spiro atoms. The van der Waals surface area contributed by atoms with Crippen LogP contribution in [0.3, 0.4) is 0 Å². The van der Waals surface area contributed by atoms with Crippen molar-refractivity contribution in [2.24, 2.45) is 0 Å². The van der Waals surface area contributed by atoms with E-state index in [1.807, 2.05) is 30.3 Å². The maximum atomic E-state index is 13.3. The van der Waals surface area contributed by atoms with E-state index >= 15 is 0 Å². The second-order valence-corrected chi connectivity index (χ2v) is 7.45. The second-order valence-electron chi connectivity index (χ2n) is 7.45. The number of ketones is 2. The molecule has 0 radical (unpaired) electrons. The monoisotopic (exact) mass is 428 g/mol. The number of aromatic amines is 1. The zero-order valence-corrected chi connectivity index (χ0v) is 17.5. The number of ether oxygens (including phenoxy) is 3. The number of carbonyl (C=O) groups is 2. The zero-order chi connectivity index (χ0) is 22.3. The van der Waals surface area contributed by atoms with Gasteiger partial charge in [0.1, 0.15) is 23.6 Å². The number of carbonyl (C=O) groups excluding carboxylic acids is 2. The van der Waals surface area contributed by atoms with Gasteiger partial charge in [-0.05, 0) is 24.3 Å². The number of hydrogen-bond donors (Lipinski definition) is 1. The molecule has 0 unspecified atom stereocenters. The standard InChI is InChI=1S/C25H20N2O5/c1-30-25(31-2,14-32-15-8-4-3-5-9-15)24-19-13-12-18-20(21(19)26-27-24)23(29)17-11-7-6-10-16(17)22(18)28/h3-13H,14H2,1-2H3,(H,26,27). The van der Waals surface area contributed by atoms with Crippen LogP contribution in [-0.2, 0) is 15.3 Å². The first-order chi connectivity index (χ1) is 15.6. The Hall–Kier alpha value is -3.81. The maximum absolute atomic E-state index is 13.3. The lowest BCUT2D eigenvalue weighted by atomic mass is 9.83. The van der Waals surface area contributed by atoms with E-state index in [1.165, 1.54) is 14.2 Å². The van der Waals surface area contributed by atoms with E-state index in [-0.39, 0.29) is 23.7 Å². The molecule has 1 aromatic heterocycles. The third-order valence-corrected chi connectivity index (χ3v) is 5.83. The summed E-state index contributed by atoms with van der Waals surface area (Å²) in [4.78, 5) is 26.3. The van der Waals surface area contributed by atoms with Crippen LogP contribution in [0.1, 0.15) is 37.5 Å². The maximum Gasteiger partial charge on any atom is 0.247 e. The fourth-order valence-electron chi connectivity index (χ4n) is 4.12. The Morgan fingerprint density at radius 1 is 0.812 bits per heavy atom. The Morgan fingerprint density at radius 2 is 1.47 bits per heavy atom. The van der Waals surface area contributed by atoms with Gasteiger partial charge in [0.2, 0.25) is 5.79 Å². The van der Waals surface area contributed by atoms with E-state index in [2.05, 4.69) is 10.2 Å². The Balaban J connectivity index is 1.61. The summed E-state index contributed by atoms with van der Waals surface area (Å²) in [6.07, 6.45) is 0. The quantitative estimate of drug-likeness (QED) is 0.413. The van der Waals surface area contributed by atoms with Gasteiger partial charge >= 0.3 is 0 Å². The molecule has 32 heavy (non-hydrogen) atoms. The van der Waals surface area contributed by atoms with E-state index in [1.54, 1.807) is 36.4 Å². The molecule has 5 rings (SSSR count). The van der Waals surface area contributed by atoms with Crippen LogP contribution in [0, 0.1) is 0 Å². The molecule has 0 fully saturated rings. The van der Waals surface area contributed by atoms with Crippen LogP contribution in [0.5, 0.6) is 5.75 Å². The average Bonchev–Trinajstić information content (AvgIpc) is 3.29. The molecule has 0 aliphatic heterocycles. The van der Waals surface area contributed by atoms with Gasteiger partial charge in [-0.3, -0.25) is 14.7 Å². The molecule has 1 heterocycles. The lowest BCUT2D eigenvalue weighted by Gasteiger charge is -2.29. The summed E-state index contributed by atoms with van der Waals surface area (Å²) in [5.74, 6) is -1.08. The Bertz CT molecular complexity index is 1340. The molecule has 0 saturated carbocycles. The minimum atomic E-state index is -1.31. The van der Waals surface area contributed by atoms with Crippen molar-refractivity contribution in [1.82, 2.24) is 10.2 Å². The summed E-state index contributed by atoms with van der Waals surface area (Å²) in [7, 11) is 3.02. The van der Waals surface area contributed by atoms with Crippen LogP contribution in [0.4, 0.5) is 0 Å². The van der Waals surface area contributed by atoms with Crippen LogP contribution in [0.25, 0.3) is 10.9 Å². The highest BCUT2D eigenvalue weighted by Gasteiger charge is 2.39. The molecule has 4 aromatic rings. The van der Waals surface area contributed by atoms with E-state index in [9.17, 15) is 9.59 Å². The van der Waals surface area contributed by atoms with Gasteiger partial charge in [-0.25, -0.2) is 0 Å². The van der Waals surface area contributed by atoms with Gasteiger partial charge < -0.3 is 14.2 Å². The van der Waals surface area contributed by atoms with Crippen LogP contribution in [0.2, 0.25) is 0 Å². The van der Waals surface area contributed by atoms with Crippen molar-refractivity contribution in [2.75, 3.05) is 20.8 Å². The minimum Gasteiger partial charge on any atom is -0.487 e. The molecule has 1 aliphatic rings. The smallest absolute Gasteiger partial charge is 0.247 e. The number of nitrogens with one attached hydrogen (secondary N) is 1. The summed E-state index contributed by atoms with van der Waals surface area (Å²) in [5.41, 5.74) is 2.27. The lowest BCUT2D eigenvalue weighted by molar-refractivity contribution is -0.233. The fraction of sp³-hybridized carbons (Fsp3) is 0.160. The molecule has 0 atom stereocenters. The van der Waals surface area contributed by atoms with Crippen LogP contribution in [0.15, 0.2) is 66.7 Å². The third-order valence-electron chi connectivity index (χ3n) is 5.83. The summed E-state index contributed by atoms with van der Waals surface area (Å²) >= 11 is 0. The van der Waals surface area contributed by atoms with Crippen molar-refractivity contribution in [2.45, 2.75) is 5.79 Å². The number of benzene rings is 3. The zero-order valence-electron chi connectivity index (χ0n) is 17.5. The first-order valence-corrected chi connectivity index (χ1v) is 10.1. The summed E-state index contributed by atoms with van der Waals surface area (Å²) in [6, 6.07) is 19.5. The van der Waals surface area contributed by atoms with Gasteiger partial charge in [-0.1, -0.05) is 42.5 Å². The number of fused-ring (bicyclic) bond motifs is 4. The number of aromatic nitrogens is 2. The first-order valence-electron chi connectivity index (χ1n) is 10.1. The molecule has 3 aromatic carbocycles. The summed E-state index contributed by atoms with van der Waals surface area (Å²) < 4.78 is 17.4. The number of para-hydroxylation sites is 1. The summed E-state index contributed by atoms with van der Waals surface area (Å²) in [5, 5.41) is 7.97. The van der Waals surface area contributed by atoms with Crippen molar-refractivity contribution in [3.05, 3.63) is 94.7 Å². The lowest BCUT2D eigenvalue weighted by Crippen LogP contribution is -2.38. The summed E-state index contributed by atoms with van der Waals surface area (Å²) in [6.45, 7) is 0.0358. The molecule has 1 N–H and O–H groups in total. The highest BCUT2D eigenvalue weighted by Crippen LogP contribution is 2.37. The second kappa shape index (κ2) is 7.71. The predicted octanol–water partition coefficient (Wildman–Crippen LogP) is 3.86. The van der Waals surface area contributed by atoms with E-state index in [0.717, 1.165) is 0 Å². The number of H-pyrrole nitrogens is 1. The molecule has 7 nitrogen and oxygen atoms in total. The molecular weight excluding hydrogens is 408 g/mol. The fourth-order valence-corrected chi connectivity index (χ4v) is 4.12. The SMILES string of the molecule is COC(COc1ccccc1)(OC)c1[nH]nc2c3c(ccc12)C(=O)c1ccccc1C3=O. The van der Waals surface area contributed by atoms with Crippen molar-refractivity contribution < 1.29 is 23.8 Å². The van der Waals surface area contributed by atoms with Gasteiger partial charge in [0, 0.05) is 36.3 Å². The van der Waals surface area contributed by atoms with E-state index in [4.69, 9.17) is 14.2 Å². The van der Waals surface area contributed by atoms with Crippen LogP contribution in [-0.4, -0.2) is 42.6 Å². The molecule has 0 amide bonds. The molecule has 1 aliphatic carbocycles.